The van der Waals surface area contributed by atoms with Crippen molar-refractivity contribution in [2.24, 2.45) is 0 Å². The minimum Gasteiger partial charge on any atom is -0.480 e. The fraction of sp³-hybridized carbons (Fsp3) is 0.778. The number of unbranched alkanes of at least 4 members (excludes halogenated alkanes) is 1. The van der Waals surface area contributed by atoms with Crippen molar-refractivity contribution in [3.63, 3.8) is 0 Å². The first-order chi connectivity index (χ1) is 12.6. The number of carbonyl (C=O) groups excluding carboxylic acids is 1. The lowest BCUT2D eigenvalue weighted by atomic mass is 10.1. The monoisotopic (exact) mass is 373 g/mol. The first-order valence-corrected chi connectivity index (χ1v) is 8.88. The van der Waals surface area contributed by atoms with Crippen LogP contribution in [0, 0.1) is 12.3 Å². The number of hydrogen-bond donors (Lipinski definition) is 2. The van der Waals surface area contributed by atoms with Crippen molar-refractivity contribution in [3.8, 4) is 12.3 Å². The highest BCUT2D eigenvalue weighted by atomic mass is 16.6. The van der Waals surface area contributed by atoms with Crippen molar-refractivity contribution in [3.05, 3.63) is 0 Å². The van der Waals surface area contributed by atoms with Crippen molar-refractivity contribution in [1.29, 1.82) is 0 Å². The van der Waals surface area contributed by atoms with E-state index in [9.17, 15) is 9.59 Å². The molecule has 0 rings (SSSR count). The zero-order chi connectivity index (χ0) is 19.5. The minimum absolute atomic E-state index is 0.122. The highest BCUT2D eigenvalue weighted by Crippen LogP contribution is 2.01. The Bertz CT molecular complexity index is 409. The lowest BCUT2D eigenvalue weighted by molar-refractivity contribution is -0.142. The van der Waals surface area contributed by atoms with Gasteiger partial charge in [-0.05, 0) is 6.42 Å². The Morgan fingerprint density at radius 3 is 2.04 bits per heavy atom. The maximum atomic E-state index is 11.7. The second kappa shape index (κ2) is 18.1. The van der Waals surface area contributed by atoms with Crippen LogP contribution in [-0.2, 0) is 28.5 Å². The summed E-state index contributed by atoms with van der Waals surface area (Å²) in [5.74, 6) is 1.03. The molecule has 0 aliphatic rings. The van der Waals surface area contributed by atoms with Crippen LogP contribution in [0.4, 0.5) is 0 Å². The van der Waals surface area contributed by atoms with E-state index in [4.69, 9.17) is 30.5 Å². The van der Waals surface area contributed by atoms with E-state index in [1.165, 1.54) is 0 Å². The maximum absolute atomic E-state index is 11.7. The third-order valence-electron chi connectivity index (χ3n) is 3.25. The first-order valence-electron chi connectivity index (χ1n) is 8.88. The molecule has 1 amide bonds. The predicted octanol–water partition coefficient (Wildman–Crippen LogP) is 0.836. The molecule has 8 heteroatoms. The van der Waals surface area contributed by atoms with Crippen LogP contribution in [0.3, 0.4) is 0 Å². The summed E-state index contributed by atoms with van der Waals surface area (Å²) in [5.41, 5.74) is 0. The SMILES string of the molecule is C#CCOCCOCCOCCOCCC(=O)NC(CCCC)C(=O)O. The topological polar surface area (TPSA) is 103 Å². The van der Waals surface area contributed by atoms with E-state index in [1.54, 1.807) is 0 Å². The Labute approximate surface area is 155 Å². The van der Waals surface area contributed by atoms with Gasteiger partial charge in [-0.25, -0.2) is 4.79 Å². The maximum Gasteiger partial charge on any atom is 0.326 e. The molecule has 0 aromatic heterocycles. The van der Waals surface area contributed by atoms with E-state index >= 15 is 0 Å². The van der Waals surface area contributed by atoms with Gasteiger partial charge in [-0.3, -0.25) is 4.79 Å². The Balaban J connectivity index is 3.44. The van der Waals surface area contributed by atoms with Gasteiger partial charge in [-0.15, -0.1) is 6.42 Å². The fourth-order valence-corrected chi connectivity index (χ4v) is 1.89. The summed E-state index contributed by atoms with van der Waals surface area (Å²) < 4.78 is 20.9. The van der Waals surface area contributed by atoms with Gasteiger partial charge in [0.2, 0.25) is 5.91 Å². The minimum atomic E-state index is -1.01. The van der Waals surface area contributed by atoms with Gasteiger partial charge in [0.25, 0.3) is 0 Å². The van der Waals surface area contributed by atoms with E-state index in [-0.39, 0.29) is 25.5 Å². The van der Waals surface area contributed by atoms with Crippen LogP contribution >= 0.6 is 0 Å². The summed E-state index contributed by atoms with van der Waals surface area (Å²) >= 11 is 0. The molecule has 8 nitrogen and oxygen atoms in total. The van der Waals surface area contributed by atoms with Crippen LogP contribution in [-0.4, -0.2) is 75.9 Å². The number of carboxylic acids is 1. The number of carbonyl (C=O) groups is 2. The molecule has 26 heavy (non-hydrogen) atoms. The number of ether oxygens (including phenoxy) is 4. The van der Waals surface area contributed by atoms with E-state index < -0.39 is 12.0 Å². The largest absolute Gasteiger partial charge is 0.480 e. The van der Waals surface area contributed by atoms with Crippen molar-refractivity contribution in [2.75, 3.05) is 52.9 Å². The lowest BCUT2D eigenvalue weighted by Gasteiger charge is -2.14. The molecule has 0 radical (unpaired) electrons. The van der Waals surface area contributed by atoms with Gasteiger partial charge < -0.3 is 29.4 Å². The van der Waals surface area contributed by atoms with Crippen LogP contribution in [0.25, 0.3) is 0 Å². The molecular formula is C18H31NO7. The Morgan fingerprint density at radius 2 is 1.54 bits per heavy atom. The van der Waals surface area contributed by atoms with Gasteiger partial charge in [0.05, 0.1) is 46.2 Å². The number of aliphatic carboxylic acids is 1. The number of amides is 1. The second-order valence-electron chi connectivity index (χ2n) is 5.44. The molecule has 0 spiro atoms. The third kappa shape index (κ3) is 15.8. The standard InChI is InChI=1S/C18H31NO7/c1-3-5-6-16(18(21)22)19-17(20)7-9-24-11-13-26-15-14-25-12-10-23-8-4-2/h2,16H,3,5-15H2,1H3,(H,19,20)(H,21,22). The number of nitrogens with one attached hydrogen (secondary N) is 1. The average Bonchev–Trinajstić information content (AvgIpc) is 2.62. The molecule has 0 saturated carbocycles. The summed E-state index contributed by atoms with van der Waals surface area (Å²) in [7, 11) is 0. The van der Waals surface area contributed by atoms with Crippen LogP contribution < -0.4 is 5.32 Å². The highest BCUT2D eigenvalue weighted by molar-refractivity contribution is 5.83. The van der Waals surface area contributed by atoms with Gasteiger partial charge >= 0.3 is 5.97 Å². The van der Waals surface area contributed by atoms with Crippen molar-refractivity contribution in [2.45, 2.75) is 38.6 Å². The molecule has 0 saturated heterocycles. The molecule has 0 bridgehead atoms. The molecule has 2 N–H and O–H groups in total. The average molecular weight is 373 g/mol. The van der Waals surface area contributed by atoms with Crippen molar-refractivity contribution >= 4 is 11.9 Å². The smallest absolute Gasteiger partial charge is 0.326 e. The molecule has 0 heterocycles. The second-order valence-corrected chi connectivity index (χ2v) is 5.44. The quantitative estimate of drug-likeness (QED) is 0.271. The van der Waals surface area contributed by atoms with Crippen molar-refractivity contribution < 1.29 is 33.6 Å². The zero-order valence-corrected chi connectivity index (χ0v) is 15.5. The molecule has 0 aliphatic heterocycles. The normalized spacial score (nSPS) is 11.7. The van der Waals surface area contributed by atoms with Crippen LogP contribution in [0.5, 0.6) is 0 Å². The van der Waals surface area contributed by atoms with Gasteiger partial charge in [-0.1, -0.05) is 25.7 Å². The Morgan fingerprint density at radius 1 is 1.00 bits per heavy atom. The van der Waals surface area contributed by atoms with Crippen molar-refractivity contribution in [1.82, 2.24) is 5.32 Å². The zero-order valence-electron chi connectivity index (χ0n) is 15.5. The van der Waals surface area contributed by atoms with E-state index in [0.29, 0.717) is 46.1 Å². The molecule has 0 aromatic carbocycles. The van der Waals surface area contributed by atoms with Crippen LogP contribution in [0.2, 0.25) is 0 Å². The summed E-state index contributed by atoms with van der Waals surface area (Å²) in [6.45, 7) is 5.04. The number of terminal acetylenes is 1. The molecule has 1 atom stereocenters. The number of hydrogen-bond acceptors (Lipinski definition) is 6. The number of rotatable bonds is 18. The molecule has 0 aromatic rings. The predicted molar refractivity (Wildman–Crippen MR) is 95.8 cm³/mol. The Hall–Kier alpha value is -1.66. The molecular weight excluding hydrogens is 342 g/mol. The van der Waals surface area contributed by atoms with Crippen LogP contribution in [0.15, 0.2) is 0 Å². The molecule has 0 fully saturated rings. The van der Waals surface area contributed by atoms with Gasteiger partial charge in [-0.2, -0.15) is 0 Å². The summed E-state index contributed by atoms with van der Waals surface area (Å²) in [6, 6.07) is -0.831. The molecule has 150 valence electrons. The molecule has 0 aliphatic carbocycles. The van der Waals surface area contributed by atoms with Gasteiger partial charge in [0.15, 0.2) is 0 Å². The van der Waals surface area contributed by atoms with Gasteiger partial charge in [0, 0.05) is 6.42 Å². The highest BCUT2D eigenvalue weighted by Gasteiger charge is 2.18. The summed E-state index contributed by atoms with van der Waals surface area (Å²) in [6.07, 6.45) is 7.23. The van der Waals surface area contributed by atoms with E-state index in [0.717, 1.165) is 12.8 Å². The fourth-order valence-electron chi connectivity index (χ4n) is 1.89. The van der Waals surface area contributed by atoms with E-state index in [2.05, 4.69) is 11.2 Å². The van der Waals surface area contributed by atoms with Gasteiger partial charge in [0.1, 0.15) is 12.6 Å². The molecule has 1 unspecified atom stereocenters. The third-order valence-corrected chi connectivity index (χ3v) is 3.25. The lowest BCUT2D eigenvalue weighted by Crippen LogP contribution is -2.41. The van der Waals surface area contributed by atoms with E-state index in [1.807, 2.05) is 6.92 Å². The van der Waals surface area contributed by atoms with Crippen LogP contribution in [0.1, 0.15) is 32.6 Å². The summed E-state index contributed by atoms with van der Waals surface area (Å²) in [4.78, 5) is 22.7. The Kier molecular flexibility index (Phi) is 17.0. The first kappa shape index (κ1) is 24.3. The summed E-state index contributed by atoms with van der Waals surface area (Å²) in [5, 5.41) is 11.6. The number of carboxylic acid groups (broad SMARTS) is 1.